The monoisotopic (exact) mass is 152 g/mol. The first kappa shape index (κ1) is 7.72. The van der Waals surface area contributed by atoms with E-state index in [0.29, 0.717) is 0 Å². The molecule has 0 aliphatic heterocycles. The fourth-order valence-corrected chi connectivity index (χ4v) is 0. The van der Waals surface area contributed by atoms with Crippen molar-refractivity contribution >= 4 is 26.3 Å². The van der Waals surface area contributed by atoms with E-state index in [0.717, 1.165) is 0 Å². The summed E-state index contributed by atoms with van der Waals surface area (Å²) in [5.74, 6) is 0. The zero-order chi connectivity index (χ0) is 6.08. The fraction of sp³-hybridized carbons (Fsp3) is 1.00. The predicted molar refractivity (Wildman–Crippen MR) is 42.2 cm³/mol. The van der Waals surface area contributed by atoms with E-state index in [-0.39, 0.29) is 0 Å². The molecule has 0 fully saturated rings. The summed E-state index contributed by atoms with van der Waals surface area (Å²) in [7, 11) is -0.454. The van der Waals surface area contributed by atoms with Gasteiger partial charge in [0.15, 0.2) is 0 Å². The smallest absolute Gasteiger partial charge is 0.137 e. The molecule has 3 heteroatoms. The molecular weight excluding hydrogens is 140 g/mol. The van der Waals surface area contributed by atoms with Gasteiger partial charge in [0, 0.05) is 8.31 Å². The van der Waals surface area contributed by atoms with Gasteiger partial charge in [0.05, 0.1) is 0 Å². The van der Waals surface area contributed by atoms with E-state index in [9.17, 15) is 0 Å². The summed E-state index contributed by atoms with van der Waals surface area (Å²) >= 11 is 6.07. The third-order valence-corrected chi connectivity index (χ3v) is 16.3. The van der Waals surface area contributed by atoms with E-state index in [2.05, 4.69) is 26.2 Å². The van der Waals surface area contributed by atoms with Crippen molar-refractivity contribution in [3.63, 3.8) is 0 Å². The highest BCUT2D eigenvalue weighted by Gasteiger charge is 2.21. The number of rotatable bonds is 1. The van der Waals surface area contributed by atoms with Crippen molar-refractivity contribution in [3.05, 3.63) is 0 Å². The first-order chi connectivity index (χ1) is 2.94. The van der Waals surface area contributed by atoms with Gasteiger partial charge in [-0.05, 0) is 0 Å². The Morgan fingerprint density at radius 3 is 1.43 bits per heavy atom. The first-order valence-corrected chi connectivity index (χ1v) is 10.8. The molecule has 0 aromatic heterocycles. The van der Waals surface area contributed by atoms with Crippen LogP contribution in [0, 0.1) is 0 Å². The van der Waals surface area contributed by atoms with Crippen LogP contribution in [0.5, 0.6) is 0 Å². The fourth-order valence-electron chi connectivity index (χ4n) is 0. The number of hydrogen-bond donors (Lipinski definition) is 0. The maximum atomic E-state index is 6.07. The van der Waals surface area contributed by atoms with Crippen LogP contribution in [0.25, 0.3) is 0 Å². The van der Waals surface area contributed by atoms with E-state index in [1.54, 1.807) is 0 Å². The minimum absolute atomic E-state index is 0.454. The summed E-state index contributed by atoms with van der Waals surface area (Å²) in [5, 5.41) is 0. The Bertz CT molecular complexity index is 55.2. The number of hydrogen-bond acceptors (Lipinski definition) is 0. The summed E-state index contributed by atoms with van der Waals surface area (Å²) < 4.78 is 0. The number of halogens is 1. The van der Waals surface area contributed by atoms with Crippen molar-refractivity contribution in [3.8, 4) is 0 Å². The normalized spacial score (nSPS) is 12.9. The van der Waals surface area contributed by atoms with Crippen molar-refractivity contribution in [1.82, 2.24) is 0 Å². The summed E-state index contributed by atoms with van der Waals surface area (Å²) in [6, 6.07) is 0. The molecule has 0 aromatic carbocycles. The van der Waals surface area contributed by atoms with Crippen LogP contribution in [0.3, 0.4) is 0 Å². The molecule has 44 valence electrons. The highest BCUT2D eigenvalue weighted by molar-refractivity contribution is 7.52. The van der Waals surface area contributed by atoms with Crippen LogP contribution in [0.15, 0.2) is 0 Å². The molecule has 0 spiro atoms. The van der Waals surface area contributed by atoms with Crippen molar-refractivity contribution in [2.75, 3.05) is 0 Å². The van der Waals surface area contributed by atoms with E-state index in [1.165, 1.54) is 0 Å². The standard InChI is InChI=1S/C4H13ClSi2/c1-6(2)7(3,4)5/h6H,1-4H3. The van der Waals surface area contributed by atoms with Crippen LogP contribution in [0.1, 0.15) is 0 Å². The van der Waals surface area contributed by atoms with Gasteiger partial charge in [-0.1, -0.05) is 26.2 Å². The maximum Gasteiger partial charge on any atom is 0.137 e. The zero-order valence-corrected chi connectivity index (χ0v) is 8.37. The highest BCUT2D eigenvalue weighted by Crippen LogP contribution is 2.10. The summed E-state index contributed by atoms with van der Waals surface area (Å²) in [5.41, 5.74) is 0. The Morgan fingerprint density at radius 2 is 1.43 bits per heavy atom. The van der Waals surface area contributed by atoms with Crippen molar-refractivity contribution in [1.29, 1.82) is 0 Å². The van der Waals surface area contributed by atoms with Gasteiger partial charge in [-0.25, -0.2) is 0 Å². The molecule has 0 radical (unpaired) electrons. The topological polar surface area (TPSA) is 0 Å². The maximum absolute atomic E-state index is 6.07. The van der Waals surface area contributed by atoms with E-state index < -0.39 is 15.2 Å². The van der Waals surface area contributed by atoms with Crippen LogP contribution in [0.4, 0.5) is 0 Å². The lowest BCUT2D eigenvalue weighted by atomic mass is 11.9. The average Bonchev–Trinajstić information content (AvgIpc) is 1.31. The van der Waals surface area contributed by atoms with Crippen LogP contribution >= 0.6 is 11.1 Å². The molecule has 0 aliphatic carbocycles. The molecule has 0 amide bonds. The van der Waals surface area contributed by atoms with Gasteiger partial charge < -0.3 is 0 Å². The molecule has 0 aliphatic rings. The van der Waals surface area contributed by atoms with E-state index >= 15 is 0 Å². The lowest BCUT2D eigenvalue weighted by Gasteiger charge is -2.14. The Balaban J connectivity index is 3.54. The molecule has 0 saturated heterocycles. The van der Waals surface area contributed by atoms with Crippen LogP contribution in [-0.2, 0) is 0 Å². The second-order valence-electron chi connectivity index (χ2n) is 2.72. The van der Waals surface area contributed by atoms with Gasteiger partial charge in [0.1, 0.15) is 6.90 Å². The predicted octanol–water partition coefficient (Wildman–Crippen LogP) is 2.00. The summed E-state index contributed by atoms with van der Waals surface area (Å²) in [6.45, 7) is 7.97. The summed E-state index contributed by atoms with van der Waals surface area (Å²) in [6.07, 6.45) is 0. The quantitative estimate of drug-likeness (QED) is 0.399. The Labute approximate surface area is 53.0 Å². The third-order valence-electron chi connectivity index (χ3n) is 1.37. The molecule has 0 rings (SSSR count). The van der Waals surface area contributed by atoms with Crippen LogP contribution in [0.2, 0.25) is 26.2 Å². The Morgan fingerprint density at radius 1 is 1.29 bits per heavy atom. The largest absolute Gasteiger partial charge is 0.172 e. The Hall–Kier alpha value is 0.724. The van der Waals surface area contributed by atoms with Crippen LogP contribution in [-0.4, -0.2) is 15.2 Å². The molecule has 0 bridgehead atoms. The minimum Gasteiger partial charge on any atom is -0.172 e. The van der Waals surface area contributed by atoms with Gasteiger partial charge in [-0.15, -0.1) is 0 Å². The SMILES string of the molecule is C[SiH](C)[Si](C)(C)Cl. The molecule has 0 nitrogen and oxygen atoms in total. The van der Waals surface area contributed by atoms with Crippen molar-refractivity contribution < 1.29 is 0 Å². The lowest BCUT2D eigenvalue weighted by Crippen LogP contribution is -2.34. The third kappa shape index (κ3) is 3.32. The van der Waals surface area contributed by atoms with Gasteiger partial charge in [-0.3, -0.25) is 0 Å². The van der Waals surface area contributed by atoms with Crippen molar-refractivity contribution in [2.45, 2.75) is 26.2 Å². The first-order valence-electron chi connectivity index (χ1n) is 2.63. The van der Waals surface area contributed by atoms with E-state index in [4.69, 9.17) is 11.1 Å². The molecule has 0 N–H and O–H groups in total. The molecule has 0 aromatic rings. The molecule has 0 heterocycles. The zero-order valence-electron chi connectivity index (χ0n) is 5.46. The molecule has 0 atom stereocenters. The second-order valence-corrected chi connectivity index (χ2v) is 20.0. The van der Waals surface area contributed by atoms with Crippen molar-refractivity contribution in [2.24, 2.45) is 0 Å². The minimum atomic E-state index is -1.12. The molecule has 0 unspecified atom stereocenters. The molecular formula is C4H13ClSi2. The average molecular weight is 153 g/mol. The molecule has 0 saturated carbocycles. The van der Waals surface area contributed by atoms with Gasteiger partial charge in [-0.2, -0.15) is 11.1 Å². The summed E-state index contributed by atoms with van der Waals surface area (Å²) in [4.78, 5) is 0. The van der Waals surface area contributed by atoms with Crippen LogP contribution < -0.4 is 0 Å². The Kier molecular flexibility index (Phi) is 2.57. The second kappa shape index (κ2) is 2.33. The highest BCUT2D eigenvalue weighted by atomic mass is 35.6. The van der Waals surface area contributed by atoms with Gasteiger partial charge in [0.25, 0.3) is 0 Å². The van der Waals surface area contributed by atoms with E-state index in [1.807, 2.05) is 0 Å². The lowest BCUT2D eigenvalue weighted by molar-refractivity contribution is 1.95. The van der Waals surface area contributed by atoms with Gasteiger partial charge in [0.2, 0.25) is 0 Å². The molecule has 7 heavy (non-hydrogen) atoms. The van der Waals surface area contributed by atoms with Gasteiger partial charge >= 0.3 is 0 Å².